The molecule has 2 aromatic rings. The summed E-state index contributed by atoms with van der Waals surface area (Å²) in [5.41, 5.74) is 5.00. The Hall–Kier alpha value is -2.36. The van der Waals surface area contributed by atoms with Gasteiger partial charge in [0, 0.05) is 17.4 Å². The van der Waals surface area contributed by atoms with Crippen molar-refractivity contribution in [2.24, 2.45) is 0 Å². The second-order valence-corrected chi connectivity index (χ2v) is 6.20. The van der Waals surface area contributed by atoms with Crippen LogP contribution in [0.3, 0.4) is 0 Å². The van der Waals surface area contributed by atoms with Crippen LogP contribution in [-0.4, -0.2) is 17.5 Å². The normalized spacial score (nSPS) is 10.5. The van der Waals surface area contributed by atoms with Crippen molar-refractivity contribution in [1.82, 2.24) is 4.98 Å². The number of nitrogens with zero attached hydrogens (tertiary/aromatic N) is 1. The lowest BCUT2D eigenvalue weighted by atomic mass is 10.1. The molecule has 24 heavy (non-hydrogen) atoms. The monoisotopic (exact) mass is 326 g/mol. The predicted octanol–water partition coefficient (Wildman–Crippen LogP) is 4.75. The highest BCUT2D eigenvalue weighted by molar-refractivity contribution is 6.07. The average molecular weight is 326 g/mol. The summed E-state index contributed by atoms with van der Waals surface area (Å²) >= 11 is 0. The second kappa shape index (κ2) is 7.95. The molecule has 0 spiro atoms. The molecule has 0 aliphatic carbocycles. The molecule has 1 aromatic carbocycles. The Balaban J connectivity index is 2.32. The molecule has 4 nitrogen and oxygen atoms in total. The Morgan fingerprint density at radius 1 is 1.17 bits per heavy atom. The average Bonchev–Trinajstić information content (AvgIpc) is 2.50. The summed E-state index contributed by atoms with van der Waals surface area (Å²) in [6.45, 7) is 10.5. The lowest BCUT2D eigenvalue weighted by molar-refractivity contribution is 0.102. The number of aryl methyl sites for hydroxylation is 4. The molecular formula is C20H26N2O2. The standard InChI is InChI=1S/C20H26N2O2/c1-6-7-10-24-18-12-15(4)21-16(5)19(18)20(23)22-17-11-13(2)8-9-14(17)3/h8-9,11-12H,6-7,10H2,1-5H3,(H,22,23). The van der Waals surface area contributed by atoms with Crippen molar-refractivity contribution in [3.05, 3.63) is 52.3 Å². The summed E-state index contributed by atoms with van der Waals surface area (Å²) in [5.74, 6) is 0.427. The van der Waals surface area contributed by atoms with Crippen molar-refractivity contribution in [1.29, 1.82) is 0 Å². The molecular weight excluding hydrogens is 300 g/mol. The van der Waals surface area contributed by atoms with Gasteiger partial charge >= 0.3 is 0 Å². The van der Waals surface area contributed by atoms with E-state index in [-0.39, 0.29) is 5.91 Å². The number of ether oxygens (including phenoxy) is 1. The molecule has 128 valence electrons. The third-order valence-electron chi connectivity index (χ3n) is 3.92. The highest BCUT2D eigenvalue weighted by Gasteiger charge is 2.18. The molecule has 1 amide bonds. The van der Waals surface area contributed by atoms with Crippen molar-refractivity contribution in [3.8, 4) is 5.75 Å². The van der Waals surface area contributed by atoms with Gasteiger partial charge in [0.05, 0.1) is 12.3 Å². The van der Waals surface area contributed by atoms with Crippen LogP contribution in [0.2, 0.25) is 0 Å². The van der Waals surface area contributed by atoms with Crippen molar-refractivity contribution in [2.45, 2.75) is 47.5 Å². The molecule has 0 saturated carbocycles. The zero-order valence-electron chi connectivity index (χ0n) is 15.2. The first-order valence-corrected chi connectivity index (χ1v) is 8.42. The number of rotatable bonds is 6. The number of hydrogen-bond acceptors (Lipinski definition) is 3. The fourth-order valence-electron chi connectivity index (χ4n) is 2.56. The molecule has 0 bridgehead atoms. The van der Waals surface area contributed by atoms with Crippen LogP contribution in [0, 0.1) is 27.7 Å². The van der Waals surface area contributed by atoms with Gasteiger partial charge in [-0.15, -0.1) is 0 Å². The minimum Gasteiger partial charge on any atom is -0.493 e. The predicted molar refractivity (Wildman–Crippen MR) is 98.0 cm³/mol. The molecule has 0 aliphatic heterocycles. The van der Waals surface area contributed by atoms with E-state index in [0.29, 0.717) is 23.6 Å². The van der Waals surface area contributed by atoms with E-state index < -0.39 is 0 Å². The molecule has 4 heteroatoms. The van der Waals surface area contributed by atoms with Gasteiger partial charge in [-0.1, -0.05) is 25.5 Å². The highest BCUT2D eigenvalue weighted by atomic mass is 16.5. The van der Waals surface area contributed by atoms with Crippen LogP contribution in [0.5, 0.6) is 5.75 Å². The SMILES string of the molecule is CCCCOc1cc(C)nc(C)c1C(=O)Nc1cc(C)ccc1C. The number of anilines is 1. The maximum absolute atomic E-state index is 12.8. The highest BCUT2D eigenvalue weighted by Crippen LogP contribution is 2.25. The number of aromatic nitrogens is 1. The lowest BCUT2D eigenvalue weighted by Gasteiger charge is -2.15. The third-order valence-corrected chi connectivity index (χ3v) is 3.92. The number of nitrogens with one attached hydrogen (secondary N) is 1. The van der Waals surface area contributed by atoms with E-state index in [0.717, 1.165) is 35.3 Å². The van der Waals surface area contributed by atoms with Gasteiger partial charge in [0.1, 0.15) is 11.3 Å². The molecule has 0 atom stereocenters. The van der Waals surface area contributed by atoms with Crippen molar-refractivity contribution >= 4 is 11.6 Å². The molecule has 0 fully saturated rings. The minimum absolute atomic E-state index is 0.180. The number of benzene rings is 1. The molecule has 0 saturated heterocycles. The number of pyridine rings is 1. The first-order valence-electron chi connectivity index (χ1n) is 8.42. The molecule has 0 radical (unpaired) electrons. The first kappa shape index (κ1) is 18.0. The van der Waals surface area contributed by atoms with Crippen LogP contribution in [0.4, 0.5) is 5.69 Å². The number of unbranched alkanes of at least 4 members (excludes halogenated alkanes) is 1. The van der Waals surface area contributed by atoms with E-state index in [1.165, 1.54) is 0 Å². The van der Waals surface area contributed by atoms with Crippen LogP contribution in [0.25, 0.3) is 0 Å². The fourth-order valence-corrected chi connectivity index (χ4v) is 2.56. The van der Waals surface area contributed by atoms with Gasteiger partial charge in [-0.05, 0) is 51.3 Å². The first-order chi connectivity index (χ1) is 11.4. The zero-order valence-corrected chi connectivity index (χ0v) is 15.2. The maximum Gasteiger partial charge on any atom is 0.261 e. The van der Waals surface area contributed by atoms with Gasteiger partial charge < -0.3 is 10.1 Å². The van der Waals surface area contributed by atoms with Crippen LogP contribution in [-0.2, 0) is 0 Å². The summed E-state index contributed by atoms with van der Waals surface area (Å²) < 4.78 is 5.85. The minimum atomic E-state index is -0.180. The third kappa shape index (κ3) is 4.34. The van der Waals surface area contributed by atoms with Gasteiger partial charge in [0.25, 0.3) is 5.91 Å². The van der Waals surface area contributed by atoms with Crippen molar-refractivity contribution in [2.75, 3.05) is 11.9 Å². The largest absolute Gasteiger partial charge is 0.493 e. The fraction of sp³-hybridized carbons (Fsp3) is 0.400. The Bertz CT molecular complexity index is 739. The summed E-state index contributed by atoms with van der Waals surface area (Å²) in [5, 5.41) is 3.00. The maximum atomic E-state index is 12.8. The number of carbonyl (C=O) groups is 1. The second-order valence-electron chi connectivity index (χ2n) is 6.20. The van der Waals surface area contributed by atoms with Gasteiger partial charge in [-0.3, -0.25) is 9.78 Å². The molecule has 1 aromatic heterocycles. The molecule has 0 unspecified atom stereocenters. The molecule has 1 N–H and O–H groups in total. The van der Waals surface area contributed by atoms with Gasteiger partial charge in [0.15, 0.2) is 0 Å². The van der Waals surface area contributed by atoms with Crippen molar-refractivity contribution < 1.29 is 9.53 Å². The molecule has 0 aliphatic rings. The Morgan fingerprint density at radius 3 is 2.62 bits per heavy atom. The summed E-state index contributed by atoms with van der Waals surface area (Å²) in [4.78, 5) is 17.3. The van der Waals surface area contributed by atoms with Crippen LogP contribution in [0.1, 0.15) is 52.6 Å². The topological polar surface area (TPSA) is 51.2 Å². The smallest absolute Gasteiger partial charge is 0.261 e. The van der Waals surface area contributed by atoms with Crippen LogP contribution in [0.15, 0.2) is 24.3 Å². The zero-order chi connectivity index (χ0) is 17.7. The van der Waals surface area contributed by atoms with E-state index in [2.05, 4.69) is 17.2 Å². The quantitative estimate of drug-likeness (QED) is 0.780. The van der Waals surface area contributed by atoms with Crippen molar-refractivity contribution in [3.63, 3.8) is 0 Å². The summed E-state index contributed by atoms with van der Waals surface area (Å²) in [6.07, 6.45) is 2.01. The van der Waals surface area contributed by atoms with Gasteiger partial charge in [0.2, 0.25) is 0 Å². The Labute approximate surface area is 144 Å². The molecule has 2 rings (SSSR count). The van der Waals surface area contributed by atoms with E-state index in [1.807, 2.05) is 52.0 Å². The number of hydrogen-bond donors (Lipinski definition) is 1. The summed E-state index contributed by atoms with van der Waals surface area (Å²) in [6, 6.07) is 7.84. The molecule has 1 heterocycles. The Kier molecular flexibility index (Phi) is 5.96. The van der Waals surface area contributed by atoms with E-state index in [9.17, 15) is 4.79 Å². The number of amides is 1. The van der Waals surface area contributed by atoms with Gasteiger partial charge in [-0.25, -0.2) is 0 Å². The van der Waals surface area contributed by atoms with Gasteiger partial charge in [-0.2, -0.15) is 0 Å². The van der Waals surface area contributed by atoms with Crippen LogP contribution >= 0.6 is 0 Å². The van der Waals surface area contributed by atoms with E-state index in [4.69, 9.17) is 4.74 Å². The Morgan fingerprint density at radius 2 is 1.92 bits per heavy atom. The van der Waals surface area contributed by atoms with Crippen LogP contribution < -0.4 is 10.1 Å². The summed E-state index contributed by atoms with van der Waals surface area (Å²) in [7, 11) is 0. The van der Waals surface area contributed by atoms with E-state index >= 15 is 0 Å². The number of carbonyl (C=O) groups excluding carboxylic acids is 1. The van der Waals surface area contributed by atoms with E-state index in [1.54, 1.807) is 0 Å². The lowest BCUT2D eigenvalue weighted by Crippen LogP contribution is -2.17.